The molecule has 2 N–H and O–H groups in total. The molecule has 1 atom stereocenters. The van der Waals surface area contributed by atoms with Gasteiger partial charge in [0.15, 0.2) is 0 Å². The molecule has 0 aliphatic carbocycles. The topological polar surface area (TPSA) is 83.8 Å². The Kier molecular flexibility index (Phi) is 4.88. The molecule has 0 fully saturated rings. The molecule has 1 aliphatic heterocycles. The van der Waals surface area contributed by atoms with E-state index in [0.29, 0.717) is 24.3 Å². The van der Waals surface area contributed by atoms with Crippen LogP contribution in [0.15, 0.2) is 35.3 Å². The number of hydrogen-bond donors (Lipinski definition) is 2. The summed E-state index contributed by atoms with van der Waals surface area (Å²) >= 11 is 0. The fraction of sp³-hybridized carbons (Fsp3) is 0.368. The zero-order valence-corrected chi connectivity index (χ0v) is 15.2. The summed E-state index contributed by atoms with van der Waals surface area (Å²) in [5.41, 5.74) is 5.70. The lowest BCUT2D eigenvalue weighted by Gasteiger charge is -2.28. The zero-order valence-electron chi connectivity index (χ0n) is 15.2. The van der Waals surface area contributed by atoms with Crippen LogP contribution in [0.25, 0.3) is 0 Å². The maximum Gasteiger partial charge on any atom is 0.310 e. The number of pyridine rings is 1. The molecule has 0 amide bonds. The van der Waals surface area contributed by atoms with Crippen LogP contribution in [0.1, 0.15) is 29.5 Å². The Morgan fingerprint density at radius 3 is 2.88 bits per heavy atom. The molecule has 1 unspecified atom stereocenters. The first kappa shape index (κ1) is 17.8. The highest BCUT2D eigenvalue weighted by atomic mass is 16.5. The standard InChI is InChI=1S/C19H23N3O4/c1-12-6-7-22(18(23)17(12)13(2)19(24)25)20-11-14-4-5-15-16(10-14)26-9-8-21(15)3/h4-7,10,13,20H,8-9,11H2,1-3H3,(H,24,25). The minimum atomic E-state index is -1.01. The zero-order chi connectivity index (χ0) is 18.8. The number of ether oxygens (including phenoxy) is 1. The van der Waals surface area contributed by atoms with Crippen LogP contribution in [-0.2, 0) is 11.3 Å². The van der Waals surface area contributed by atoms with Gasteiger partial charge in [-0.1, -0.05) is 6.07 Å². The first-order chi connectivity index (χ1) is 12.4. The first-order valence-corrected chi connectivity index (χ1v) is 8.54. The smallest absolute Gasteiger partial charge is 0.310 e. The van der Waals surface area contributed by atoms with E-state index in [9.17, 15) is 14.7 Å². The molecule has 138 valence electrons. The normalized spacial score (nSPS) is 14.3. The van der Waals surface area contributed by atoms with Gasteiger partial charge in [0.2, 0.25) is 0 Å². The van der Waals surface area contributed by atoms with Crippen molar-refractivity contribution < 1.29 is 14.6 Å². The molecule has 7 nitrogen and oxygen atoms in total. The van der Waals surface area contributed by atoms with Crippen LogP contribution in [0.2, 0.25) is 0 Å². The summed E-state index contributed by atoms with van der Waals surface area (Å²) in [6.45, 7) is 5.19. The predicted octanol–water partition coefficient (Wildman–Crippen LogP) is 1.92. The number of carbonyl (C=O) groups is 1. The van der Waals surface area contributed by atoms with Crippen molar-refractivity contribution in [1.82, 2.24) is 4.68 Å². The van der Waals surface area contributed by atoms with E-state index in [1.54, 1.807) is 19.2 Å². The van der Waals surface area contributed by atoms with Crippen molar-refractivity contribution >= 4 is 11.7 Å². The molecule has 0 saturated heterocycles. The molecular formula is C19H23N3O4. The molecule has 1 aliphatic rings. The summed E-state index contributed by atoms with van der Waals surface area (Å²) in [4.78, 5) is 26.0. The Balaban J connectivity index is 1.81. The van der Waals surface area contributed by atoms with Crippen molar-refractivity contribution in [2.24, 2.45) is 0 Å². The highest BCUT2D eigenvalue weighted by Gasteiger charge is 2.21. The van der Waals surface area contributed by atoms with E-state index in [0.717, 1.165) is 23.5 Å². The summed E-state index contributed by atoms with van der Waals surface area (Å²) < 4.78 is 7.04. The first-order valence-electron chi connectivity index (χ1n) is 8.54. The predicted molar refractivity (Wildman–Crippen MR) is 99.8 cm³/mol. The quantitative estimate of drug-likeness (QED) is 0.851. The number of aromatic nitrogens is 1. The van der Waals surface area contributed by atoms with E-state index >= 15 is 0 Å². The van der Waals surface area contributed by atoms with Gasteiger partial charge in [0.05, 0.1) is 24.7 Å². The van der Waals surface area contributed by atoms with E-state index in [4.69, 9.17) is 4.74 Å². The van der Waals surface area contributed by atoms with Gasteiger partial charge in [0.1, 0.15) is 12.4 Å². The average Bonchev–Trinajstić information content (AvgIpc) is 2.61. The van der Waals surface area contributed by atoms with Crippen LogP contribution in [0.3, 0.4) is 0 Å². The average molecular weight is 357 g/mol. The number of carboxylic acids is 1. The Bertz CT molecular complexity index is 891. The van der Waals surface area contributed by atoms with Crippen LogP contribution in [0.5, 0.6) is 5.75 Å². The summed E-state index contributed by atoms with van der Waals surface area (Å²) in [7, 11) is 2.02. The lowest BCUT2D eigenvalue weighted by molar-refractivity contribution is -0.138. The molecule has 0 radical (unpaired) electrons. The van der Waals surface area contributed by atoms with E-state index in [-0.39, 0.29) is 5.56 Å². The second kappa shape index (κ2) is 7.11. The number of benzene rings is 1. The second-order valence-corrected chi connectivity index (χ2v) is 6.55. The second-order valence-electron chi connectivity index (χ2n) is 6.55. The number of aryl methyl sites for hydroxylation is 1. The molecule has 2 aromatic rings. The van der Waals surface area contributed by atoms with Gasteiger partial charge in [-0.05, 0) is 43.2 Å². The van der Waals surface area contributed by atoms with Gasteiger partial charge in [-0.25, -0.2) is 4.68 Å². The highest BCUT2D eigenvalue weighted by molar-refractivity contribution is 5.75. The third kappa shape index (κ3) is 3.37. The number of anilines is 1. The maximum atomic E-state index is 12.6. The Labute approximate surface area is 151 Å². The summed E-state index contributed by atoms with van der Waals surface area (Å²) in [6, 6.07) is 7.69. The maximum absolute atomic E-state index is 12.6. The lowest BCUT2D eigenvalue weighted by atomic mass is 9.99. The van der Waals surface area contributed by atoms with Gasteiger partial charge in [-0.2, -0.15) is 0 Å². The third-order valence-corrected chi connectivity index (χ3v) is 4.72. The molecule has 0 spiro atoms. The van der Waals surface area contributed by atoms with E-state index < -0.39 is 11.9 Å². The van der Waals surface area contributed by atoms with Crippen molar-refractivity contribution in [3.63, 3.8) is 0 Å². The molecule has 7 heteroatoms. The van der Waals surface area contributed by atoms with Crippen molar-refractivity contribution in [1.29, 1.82) is 0 Å². The van der Waals surface area contributed by atoms with Crippen molar-refractivity contribution in [3.8, 4) is 5.75 Å². The minimum Gasteiger partial charge on any atom is -0.490 e. The molecule has 0 saturated carbocycles. The summed E-state index contributed by atoms with van der Waals surface area (Å²) in [5, 5.41) is 9.23. The Morgan fingerprint density at radius 2 is 2.15 bits per heavy atom. The number of carboxylic acid groups (broad SMARTS) is 1. The summed E-state index contributed by atoms with van der Waals surface area (Å²) in [6.07, 6.45) is 1.62. The molecular weight excluding hydrogens is 334 g/mol. The minimum absolute atomic E-state index is 0.294. The largest absolute Gasteiger partial charge is 0.490 e. The number of nitrogens with one attached hydrogen (secondary N) is 1. The Hall–Kier alpha value is -2.96. The molecule has 2 heterocycles. The number of aliphatic carboxylic acids is 1. The van der Waals surface area contributed by atoms with Crippen LogP contribution >= 0.6 is 0 Å². The fourth-order valence-corrected chi connectivity index (χ4v) is 3.11. The number of fused-ring (bicyclic) bond motifs is 1. The monoisotopic (exact) mass is 357 g/mol. The molecule has 0 bridgehead atoms. The molecule has 3 rings (SSSR count). The van der Waals surface area contributed by atoms with Crippen molar-refractivity contribution in [2.45, 2.75) is 26.3 Å². The lowest BCUT2D eigenvalue weighted by Crippen LogP contribution is -2.33. The number of rotatable bonds is 5. The Morgan fingerprint density at radius 1 is 1.38 bits per heavy atom. The number of nitrogens with zero attached hydrogens (tertiary/aromatic N) is 2. The van der Waals surface area contributed by atoms with Gasteiger partial charge in [0, 0.05) is 18.8 Å². The van der Waals surface area contributed by atoms with Crippen LogP contribution < -0.4 is 20.6 Å². The van der Waals surface area contributed by atoms with E-state index in [1.165, 1.54) is 11.6 Å². The van der Waals surface area contributed by atoms with Gasteiger partial charge < -0.3 is 20.2 Å². The van der Waals surface area contributed by atoms with Gasteiger partial charge >= 0.3 is 5.97 Å². The third-order valence-electron chi connectivity index (χ3n) is 4.72. The number of likely N-dealkylation sites (N-methyl/N-ethyl adjacent to an activating group) is 1. The highest BCUT2D eigenvalue weighted by Crippen LogP contribution is 2.31. The van der Waals surface area contributed by atoms with Crippen molar-refractivity contribution in [2.75, 3.05) is 30.5 Å². The van der Waals surface area contributed by atoms with Gasteiger partial charge in [-0.15, -0.1) is 0 Å². The SMILES string of the molecule is Cc1ccn(NCc2ccc3c(c2)OCCN3C)c(=O)c1C(C)C(=O)O. The molecule has 26 heavy (non-hydrogen) atoms. The van der Waals surface area contributed by atoms with Gasteiger partial charge in [-0.3, -0.25) is 9.59 Å². The van der Waals surface area contributed by atoms with Gasteiger partial charge in [0.25, 0.3) is 5.56 Å². The molecule has 1 aromatic carbocycles. The van der Waals surface area contributed by atoms with E-state index in [1.807, 2.05) is 25.2 Å². The van der Waals surface area contributed by atoms with Crippen LogP contribution in [0, 0.1) is 6.92 Å². The molecule has 1 aromatic heterocycles. The fourth-order valence-electron chi connectivity index (χ4n) is 3.11. The van der Waals surface area contributed by atoms with Crippen LogP contribution in [-0.4, -0.2) is 36.0 Å². The van der Waals surface area contributed by atoms with Crippen molar-refractivity contribution in [3.05, 3.63) is 57.5 Å². The number of hydrogen-bond acceptors (Lipinski definition) is 5. The van der Waals surface area contributed by atoms with Crippen LogP contribution in [0.4, 0.5) is 5.69 Å². The summed E-state index contributed by atoms with van der Waals surface area (Å²) in [5.74, 6) is -1.04. The van der Waals surface area contributed by atoms with E-state index in [2.05, 4.69) is 10.3 Å².